The number of nitrogens with two attached hydrogens (primary N) is 1. The van der Waals surface area contributed by atoms with Crippen molar-refractivity contribution in [3.05, 3.63) is 63.1 Å². The van der Waals surface area contributed by atoms with E-state index in [1.807, 2.05) is 0 Å². The van der Waals surface area contributed by atoms with E-state index in [2.05, 4.69) is 0 Å². The summed E-state index contributed by atoms with van der Waals surface area (Å²) >= 11 is 11.9. The van der Waals surface area contributed by atoms with E-state index in [0.717, 1.165) is 5.56 Å². The maximum absolute atomic E-state index is 8.94. The first kappa shape index (κ1) is 9.27. The second kappa shape index (κ2) is 5.30. The molecule has 0 aliphatic carbocycles. The van der Waals surface area contributed by atoms with Crippen molar-refractivity contribution in [3.8, 4) is 6.07 Å². The first-order valence-electron chi connectivity index (χ1n) is 6.58. The van der Waals surface area contributed by atoms with Gasteiger partial charge in [0.2, 0.25) is 0 Å². The third-order valence-corrected chi connectivity index (χ3v) is 2.77. The van der Waals surface area contributed by atoms with E-state index < -0.39 is 0 Å². The number of hydrogen-bond donors (Lipinski definition) is 1. The van der Waals surface area contributed by atoms with Crippen LogP contribution in [-0.2, 0) is 6.42 Å². The Morgan fingerprint density at radius 3 is 2.50 bits per heavy atom. The Bertz CT molecular complexity index is 721. The molecule has 0 aromatic heterocycles. The zero-order valence-electron chi connectivity index (χ0n) is 12.2. The van der Waals surface area contributed by atoms with E-state index in [1.54, 1.807) is 24.3 Å². The van der Waals surface area contributed by atoms with Crippen molar-refractivity contribution in [1.82, 2.24) is 0 Å². The summed E-state index contributed by atoms with van der Waals surface area (Å²) in [6.45, 7) is 0. The molecule has 0 atom stereocenters. The molecule has 2 aromatic rings. The molecule has 0 bridgehead atoms. The minimum atomic E-state index is -0.292. The summed E-state index contributed by atoms with van der Waals surface area (Å²) in [7, 11) is 0. The average molecular weight is 280 g/mol. The first-order chi connectivity index (χ1) is 9.85. The molecule has 0 aliphatic rings. The number of nitrogen functional groups attached to an aromatic ring is 1. The molecule has 0 radical (unpaired) electrons. The van der Waals surface area contributed by atoms with Crippen molar-refractivity contribution in [2.24, 2.45) is 0 Å². The molecule has 0 saturated heterocycles. The van der Waals surface area contributed by atoms with Crippen LogP contribution in [0, 0.1) is 11.3 Å². The van der Waals surface area contributed by atoms with Gasteiger partial charge in [-0.05, 0) is 47.8 Å². The molecule has 0 amide bonds. The molecule has 90 valence electrons. The van der Waals surface area contributed by atoms with E-state index in [-0.39, 0.29) is 35.8 Å². The quantitative estimate of drug-likeness (QED) is 0.844. The van der Waals surface area contributed by atoms with Crippen molar-refractivity contribution in [1.29, 1.82) is 5.26 Å². The van der Waals surface area contributed by atoms with Crippen molar-refractivity contribution < 1.29 is 4.11 Å². The molecule has 0 fully saturated rings. The molecule has 0 aliphatic heterocycles. The van der Waals surface area contributed by atoms with Gasteiger partial charge in [0.05, 0.1) is 15.7 Å². The summed E-state index contributed by atoms with van der Waals surface area (Å²) in [6.07, 6.45) is 0.217. The molecule has 4 heteroatoms. The molecule has 2 nitrogen and oxygen atoms in total. The largest absolute Gasteiger partial charge is 0.398 e. The van der Waals surface area contributed by atoms with Crippen LogP contribution >= 0.6 is 23.2 Å². The van der Waals surface area contributed by atoms with Crippen LogP contribution in [-0.4, -0.2) is 0 Å². The van der Waals surface area contributed by atoms with Crippen molar-refractivity contribution in [2.45, 2.75) is 6.42 Å². The van der Waals surface area contributed by atoms with Gasteiger partial charge in [-0.25, -0.2) is 0 Å². The highest BCUT2D eigenvalue weighted by atomic mass is 35.5. The fourth-order valence-corrected chi connectivity index (χ4v) is 2.13. The highest BCUT2D eigenvalue weighted by molar-refractivity contribution is 6.34. The second-order valence-corrected chi connectivity index (χ2v) is 4.58. The summed E-state index contributed by atoms with van der Waals surface area (Å²) in [6, 6.07) is 6.01. The summed E-state index contributed by atoms with van der Waals surface area (Å²) < 4.78 is 23.6. The summed E-state index contributed by atoms with van der Waals surface area (Å²) in [5, 5.41) is 9.84. The van der Waals surface area contributed by atoms with Crippen molar-refractivity contribution in [2.75, 3.05) is 5.73 Å². The van der Waals surface area contributed by atoms with Gasteiger partial charge in [-0.2, -0.15) is 5.26 Å². The number of halogens is 2. The molecule has 2 N–H and O–H groups in total. The van der Waals surface area contributed by atoms with Crippen molar-refractivity contribution >= 4 is 28.9 Å². The third kappa shape index (κ3) is 2.95. The maximum atomic E-state index is 8.94. The number of hydrogen-bond acceptors (Lipinski definition) is 2. The molecule has 2 rings (SSSR count). The Hall–Kier alpha value is -1.69. The second-order valence-electron chi connectivity index (χ2n) is 3.71. The van der Waals surface area contributed by atoms with Gasteiger partial charge in [0.25, 0.3) is 0 Å². The van der Waals surface area contributed by atoms with Crippen LogP contribution in [0.25, 0.3) is 0 Å². The zero-order valence-corrected chi connectivity index (χ0v) is 10.7. The van der Waals surface area contributed by atoms with E-state index in [1.165, 1.54) is 0 Å². The van der Waals surface area contributed by atoms with Crippen LogP contribution in [0.3, 0.4) is 0 Å². The molecule has 0 spiro atoms. The Kier molecular flexibility index (Phi) is 2.73. The number of rotatable bonds is 2. The first-order valence-corrected chi connectivity index (χ1v) is 5.84. The third-order valence-electron chi connectivity index (χ3n) is 2.34. The van der Waals surface area contributed by atoms with Crippen LogP contribution in [0.5, 0.6) is 0 Å². The van der Waals surface area contributed by atoms with Gasteiger partial charge in [-0.3, -0.25) is 0 Å². The van der Waals surface area contributed by atoms with Gasteiger partial charge < -0.3 is 5.73 Å². The van der Waals surface area contributed by atoms with E-state index in [0.29, 0.717) is 15.6 Å². The Morgan fingerprint density at radius 2 is 1.89 bits per heavy atom. The predicted octanol–water partition coefficient (Wildman–Crippen LogP) is 4.04. The summed E-state index contributed by atoms with van der Waals surface area (Å²) in [5.41, 5.74) is 6.73. The van der Waals surface area contributed by atoms with E-state index in [4.69, 9.17) is 38.3 Å². The highest BCUT2D eigenvalue weighted by Crippen LogP contribution is 2.23. The van der Waals surface area contributed by atoms with Gasteiger partial charge in [0.1, 0.15) is 0 Å². The van der Waals surface area contributed by atoms with Crippen LogP contribution < -0.4 is 5.73 Å². The van der Waals surface area contributed by atoms with Crippen LogP contribution in [0.2, 0.25) is 10.0 Å². The monoisotopic (exact) mass is 279 g/mol. The molecule has 0 heterocycles. The predicted molar refractivity (Wildman–Crippen MR) is 74.8 cm³/mol. The lowest BCUT2D eigenvalue weighted by Gasteiger charge is -2.07. The minimum absolute atomic E-state index is 0.0312. The Labute approximate surface area is 120 Å². The molecular weight excluding hydrogens is 267 g/mol. The zero-order chi connectivity index (χ0) is 15.7. The van der Waals surface area contributed by atoms with E-state index >= 15 is 0 Å². The van der Waals surface area contributed by atoms with Gasteiger partial charge in [-0.15, -0.1) is 0 Å². The van der Waals surface area contributed by atoms with Crippen LogP contribution in [0.15, 0.2) is 36.3 Å². The summed E-state index contributed by atoms with van der Waals surface area (Å²) in [4.78, 5) is 0. The lowest BCUT2D eigenvalue weighted by Crippen LogP contribution is -1.96. The van der Waals surface area contributed by atoms with Gasteiger partial charge in [0, 0.05) is 15.7 Å². The molecule has 2 aromatic carbocycles. The van der Waals surface area contributed by atoms with Gasteiger partial charge in [0.15, 0.2) is 0 Å². The topological polar surface area (TPSA) is 49.8 Å². The smallest absolute Gasteiger partial charge is 0.0992 e. The van der Waals surface area contributed by atoms with Gasteiger partial charge >= 0.3 is 0 Å². The SMILES string of the molecule is [2H]c1c([2H])c(Cc2cc(Cl)cc(Cl)c2)c(N)c([2H])c1C#N. The Morgan fingerprint density at radius 1 is 1.22 bits per heavy atom. The lowest BCUT2D eigenvalue weighted by atomic mass is 10.0. The lowest BCUT2D eigenvalue weighted by molar-refractivity contribution is 1.19. The normalized spacial score (nSPS) is 12.4. The molecular formula is C14H10Cl2N2. The number of anilines is 1. The molecule has 0 saturated carbocycles. The maximum Gasteiger partial charge on any atom is 0.0992 e. The highest BCUT2D eigenvalue weighted by Gasteiger charge is 2.04. The van der Waals surface area contributed by atoms with Crippen LogP contribution in [0.4, 0.5) is 5.69 Å². The fourth-order valence-electron chi connectivity index (χ4n) is 1.56. The fraction of sp³-hybridized carbons (Fsp3) is 0.0714. The number of nitrogens with zero attached hydrogens (tertiary/aromatic N) is 1. The minimum Gasteiger partial charge on any atom is -0.398 e. The van der Waals surface area contributed by atoms with E-state index in [9.17, 15) is 0 Å². The van der Waals surface area contributed by atoms with Gasteiger partial charge in [-0.1, -0.05) is 29.2 Å². The number of benzene rings is 2. The standard InChI is InChI=1S/C14H10Cl2N2/c15-12-4-10(5-13(16)7-12)3-11-2-1-9(8-17)6-14(11)18/h1-2,4-7H,3,18H2/i1D,2D,6D. The Balaban J connectivity index is 2.58. The average Bonchev–Trinajstić information content (AvgIpc) is 2.41. The molecule has 0 unspecified atom stereocenters. The van der Waals surface area contributed by atoms with Crippen molar-refractivity contribution in [3.63, 3.8) is 0 Å². The number of nitriles is 1. The summed E-state index contributed by atoms with van der Waals surface area (Å²) in [5.74, 6) is 0. The van der Waals surface area contributed by atoms with Crippen LogP contribution in [0.1, 0.15) is 20.8 Å². The molecule has 18 heavy (non-hydrogen) atoms.